The quantitative estimate of drug-likeness (QED) is 0.789. The third kappa shape index (κ3) is 4.61. The average Bonchev–Trinajstić information content (AvgIpc) is 3.05. The van der Waals surface area contributed by atoms with E-state index in [1.54, 1.807) is 23.3 Å². The largest absolute Gasteiger partial charge is 0.489 e. The van der Waals surface area contributed by atoms with E-state index in [0.29, 0.717) is 6.54 Å². The maximum atomic E-state index is 12.9. The van der Waals surface area contributed by atoms with Crippen molar-refractivity contribution in [1.82, 2.24) is 14.9 Å². The van der Waals surface area contributed by atoms with Gasteiger partial charge < -0.3 is 14.6 Å². The van der Waals surface area contributed by atoms with Gasteiger partial charge in [0.05, 0.1) is 17.5 Å². The molecule has 1 N–H and O–H groups in total. The molecule has 0 unspecified atom stereocenters. The molecule has 1 heterocycles. The van der Waals surface area contributed by atoms with Gasteiger partial charge in [-0.1, -0.05) is 12.7 Å². The van der Waals surface area contributed by atoms with E-state index in [-0.39, 0.29) is 24.5 Å². The van der Waals surface area contributed by atoms with Gasteiger partial charge in [-0.05, 0) is 18.2 Å². The Morgan fingerprint density at radius 3 is 2.83 bits per heavy atom. The highest BCUT2D eigenvalue weighted by atomic mass is 19.4. The lowest BCUT2D eigenvalue weighted by atomic mass is 10.1. The number of benzene rings is 1. The first-order valence-electron chi connectivity index (χ1n) is 7.10. The van der Waals surface area contributed by atoms with Crippen LogP contribution in [0.5, 0.6) is 5.75 Å². The summed E-state index contributed by atoms with van der Waals surface area (Å²) in [4.78, 5) is 16.1. The van der Waals surface area contributed by atoms with Crippen molar-refractivity contribution < 1.29 is 22.7 Å². The van der Waals surface area contributed by atoms with Crippen molar-refractivity contribution in [3.63, 3.8) is 0 Å². The Morgan fingerprint density at radius 2 is 2.21 bits per heavy atom. The Balaban J connectivity index is 2.13. The fraction of sp³-hybridized carbons (Fsp3) is 0.250. The lowest BCUT2D eigenvalue weighted by molar-refractivity contribution is -0.137. The lowest BCUT2D eigenvalue weighted by Crippen LogP contribution is -2.27. The van der Waals surface area contributed by atoms with Crippen molar-refractivity contribution in [2.45, 2.75) is 12.7 Å². The predicted molar refractivity (Wildman–Crippen MR) is 81.7 cm³/mol. The molecule has 128 valence electrons. The summed E-state index contributed by atoms with van der Waals surface area (Å²) >= 11 is 0. The van der Waals surface area contributed by atoms with E-state index in [2.05, 4.69) is 16.9 Å². The summed E-state index contributed by atoms with van der Waals surface area (Å²) in [5, 5.41) is 2.57. The molecule has 0 fully saturated rings. The third-order valence-electron chi connectivity index (χ3n) is 3.12. The Bertz CT molecular complexity index is 697. The van der Waals surface area contributed by atoms with E-state index < -0.39 is 17.6 Å². The predicted octanol–water partition coefficient (Wildman–Crippen LogP) is 2.90. The summed E-state index contributed by atoms with van der Waals surface area (Å²) in [6, 6.07) is 2.79. The Labute approximate surface area is 136 Å². The van der Waals surface area contributed by atoms with E-state index in [1.807, 2.05) is 0 Å². The summed E-state index contributed by atoms with van der Waals surface area (Å²) in [5.74, 6) is -0.566. The molecule has 0 saturated heterocycles. The molecule has 1 aromatic carbocycles. The minimum atomic E-state index is -4.54. The Kier molecular flexibility index (Phi) is 5.62. The topological polar surface area (TPSA) is 56.1 Å². The van der Waals surface area contributed by atoms with E-state index in [9.17, 15) is 18.0 Å². The van der Waals surface area contributed by atoms with Crippen LogP contribution in [0.1, 0.15) is 15.9 Å². The standard InChI is InChI=1S/C16H16F3N3O2/c1-2-9-24-14-4-3-12(16(17,18)19)10-13(14)15(23)21-6-8-22-7-5-20-11-22/h2-5,7,10-11H,1,6,8-9H2,(H,21,23). The van der Waals surface area contributed by atoms with Crippen LogP contribution in [0.25, 0.3) is 0 Å². The third-order valence-corrected chi connectivity index (χ3v) is 3.12. The molecule has 8 heteroatoms. The zero-order valence-corrected chi connectivity index (χ0v) is 12.7. The number of nitrogens with zero attached hydrogens (tertiary/aromatic N) is 2. The van der Waals surface area contributed by atoms with Crippen LogP contribution in [0.4, 0.5) is 13.2 Å². The second kappa shape index (κ2) is 7.67. The van der Waals surface area contributed by atoms with Gasteiger partial charge in [-0.25, -0.2) is 4.98 Å². The number of carbonyl (C=O) groups excluding carboxylic acids is 1. The maximum Gasteiger partial charge on any atom is 0.416 e. The number of alkyl halides is 3. The smallest absolute Gasteiger partial charge is 0.416 e. The van der Waals surface area contributed by atoms with E-state index in [4.69, 9.17) is 4.74 Å². The molecule has 0 aliphatic rings. The number of carbonyl (C=O) groups is 1. The van der Waals surface area contributed by atoms with Gasteiger partial charge in [0.25, 0.3) is 5.91 Å². The van der Waals surface area contributed by atoms with Gasteiger partial charge in [0.1, 0.15) is 12.4 Å². The number of ether oxygens (including phenoxy) is 1. The minimum absolute atomic E-state index is 0.0723. The first-order valence-corrected chi connectivity index (χ1v) is 7.10. The van der Waals surface area contributed by atoms with Crippen LogP contribution in [0.15, 0.2) is 49.6 Å². The van der Waals surface area contributed by atoms with Crippen molar-refractivity contribution in [3.05, 3.63) is 60.7 Å². The molecule has 0 aliphatic carbocycles. The number of hydrogen-bond donors (Lipinski definition) is 1. The van der Waals surface area contributed by atoms with Gasteiger partial charge in [-0.2, -0.15) is 13.2 Å². The summed E-state index contributed by atoms with van der Waals surface area (Å²) in [6.07, 6.45) is 1.79. The Hall–Kier alpha value is -2.77. The van der Waals surface area contributed by atoms with Gasteiger partial charge in [0.15, 0.2) is 0 Å². The number of halogens is 3. The normalized spacial score (nSPS) is 11.1. The number of aromatic nitrogens is 2. The van der Waals surface area contributed by atoms with Crippen LogP contribution in [0.2, 0.25) is 0 Å². The van der Waals surface area contributed by atoms with Crippen LogP contribution in [0.3, 0.4) is 0 Å². The zero-order chi connectivity index (χ0) is 17.6. The molecule has 1 amide bonds. The number of rotatable bonds is 7. The average molecular weight is 339 g/mol. The lowest BCUT2D eigenvalue weighted by Gasteiger charge is -2.14. The fourth-order valence-corrected chi connectivity index (χ4v) is 1.97. The van der Waals surface area contributed by atoms with Gasteiger partial charge in [0, 0.05) is 25.5 Å². The molecule has 0 bridgehead atoms. The summed E-state index contributed by atoms with van der Waals surface area (Å²) in [6.45, 7) is 4.25. The van der Waals surface area contributed by atoms with E-state index in [1.165, 1.54) is 6.08 Å². The van der Waals surface area contributed by atoms with Crippen LogP contribution in [-0.2, 0) is 12.7 Å². The second-order valence-corrected chi connectivity index (χ2v) is 4.86. The molecule has 0 spiro atoms. The van der Waals surface area contributed by atoms with Crippen LogP contribution >= 0.6 is 0 Å². The first kappa shape index (κ1) is 17.6. The van der Waals surface area contributed by atoms with Crippen molar-refractivity contribution in [3.8, 4) is 5.75 Å². The molecule has 2 aromatic rings. The van der Waals surface area contributed by atoms with Crippen LogP contribution < -0.4 is 10.1 Å². The van der Waals surface area contributed by atoms with E-state index in [0.717, 1.165) is 18.2 Å². The maximum absolute atomic E-state index is 12.9. The van der Waals surface area contributed by atoms with Crippen LogP contribution in [-0.4, -0.2) is 28.6 Å². The highest BCUT2D eigenvalue weighted by molar-refractivity contribution is 5.97. The fourth-order valence-electron chi connectivity index (χ4n) is 1.97. The molecular weight excluding hydrogens is 323 g/mol. The molecule has 5 nitrogen and oxygen atoms in total. The molecule has 0 aliphatic heterocycles. The zero-order valence-electron chi connectivity index (χ0n) is 12.7. The van der Waals surface area contributed by atoms with Crippen LogP contribution in [0, 0.1) is 0 Å². The molecule has 24 heavy (non-hydrogen) atoms. The molecule has 0 atom stereocenters. The Morgan fingerprint density at radius 1 is 1.42 bits per heavy atom. The second-order valence-electron chi connectivity index (χ2n) is 4.86. The summed E-state index contributed by atoms with van der Waals surface area (Å²) < 4.78 is 45.6. The molecule has 0 saturated carbocycles. The number of imidazole rings is 1. The molecule has 2 rings (SSSR count). The van der Waals surface area contributed by atoms with Crippen molar-refractivity contribution in [1.29, 1.82) is 0 Å². The highest BCUT2D eigenvalue weighted by Crippen LogP contribution is 2.32. The first-order chi connectivity index (χ1) is 11.4. The molecule has 1 aromatic heterocycles. The number of nitrogens with one attached hydrogen (secondary N) is 1. The number of hydrogen-bond acceptors (Lipinski definition) is 3. The monoisotopic (exact) mass is 339 g/mol. The van der Waals surface area contributed by atoms with Crippen molar-refractivity contribution in [2.24, 2.45) is 0 Å². The SMILES string of the molecule is C=CCOc1ccc(C(F)(F)F)cc1C(=O)NCCn1ccnc1. The minimum Gasteiger partial charge on any atom is -0.489 e. The molecule has 0 radical (unpaired) electrons. The summed E-state index contributed by atoms with van der Waals surface area (Å²) in [5.41, 5.74) is -1.08. The van der Waals surface area contributed by atoms with Crippen molar-refractivity contribution in [2.75, 3.05) is 13.2 Å². The van der Waals surface area contributed by atoms with Crippen molar-refractivity contribution >= 4 is 5.91 Å². The van der Waals surface area contributed by atoms with Gasteiger partial charge in [-0.3, -0.25) is 4.79 Å². The molecular formula is C16H16F3N3O2. The number of amides is 1. The highest BCUT2D eigenvalue weighted by Gasteiger charge is 2.32. The van der Waals surface area contributed by atoms with Gasteiger partial charge in [-0.15, -0.1) is 0 Å². The van der Waals surface area contributed by atoms with E-state index >= 15 is 0 Å². The van der Waals surface area contributed by atoms with Gasteiger partial charge >= 0.3 is 6.18 Å². The van der Waals surface area contributed by atoms with Gasteiger partial charge in [0.2, 0.25) is 0 Å². The summed E-state index contributed by atoms with van der Waals surface area (Å²) in [7, 11) is 0.